The smallest absolute Gasteiger partial charge is 0.222 e. The van der Waals surface area contributed by atoms with Crippen LogP contribution < -0.4 is 5.32 Å². The maximum atomic E-state index is 12.6. The molecule has 0 aromatic heterocycles. The first-order chi connectivity index (χ1) is 9.89. The molecular formula is C18H34N2O. The number of carbonyl (C=O) groups excluding carboxylic acids is 1. The predicted molar refractivity (Wildman–Crippen MR) is 88.1 cm³/mol. The number of hydrogen-bond donors (Lipinski definition) is 1. The first kappa shape index (κ1) is 16.8. The van der Waals surface area contributed by atoms with Gasteiger partial charge in [0.1, 0.15) is 0 Å². The van der Waals surface area contributed by atoms with Crippen molar-refractivity contribution in [2.75, 3.05) is 26.7 Å². The normalized spacial score (nSPS) is 33.0. The number of carbonyl (C=O) groups is 1. The fourth-order valence-corrected chi connectivity index (χ4v) is 4.82. The summed E-state index contributed by atoms with van der Waals surface area (Å²) in [7, 11) is 2.01. The van der Waals surface area contributed by atoms with Gasteiger partial charge in [-0.05, 0) is 68.9 Å². The fourth-order valence-electron chi connectivity index (χ4n) is 4.82. The highest BCUT2D eigenvalue weighted by atomic mass is 16.2. The molecule has 21 heavy (non-hydrogen) atoms. The van der Waals surface area contributed by atoms with Crippen LogP contribution in [0.15, 0.2) is 0 Å². The van der Waals surface area contributed by atoms with Crippen molar-refractivity contribution >= 4 is 5.91 Å². The van der Waals surface area contributed by atoms with Gasteiger partial charge in [-0.1, -0.05) is 20.8 Å². The van der Waals surface area contributed by atoms with Crippen LogP contribution >= 0.6 is 0 Å². The van der Waals surface area contributed by atoms with E-state index in [-0.39, 0.29) is 0 Å². The van der Waals surface area contributed by atoms with Gasteiger partial charge < -0.3 is 10.2 Å². The molecule has 1 aliphatic heterocycles. The summed E-state index contributed by atoms with van der Waals surface area (Å²) in [5.41, 5.74) is 0.416. The van der Waals surface area contributed by atoms with E-state index in [1.807, 2.05) is 7.05 Å². The highest BCUT2D eigenvalue weighted by Gasteiger charge is 2.34. The maximum Gasteiger partial charge on any atom is 0.222 e. The van der Waals surface area contributed by atoms with Gasteiger partial charge in [-0.3, -0.25) is 4.79 Å². The second-order valence-corrected chi connectivity index (χ2v) is 8.39. The van der Waals surface area contributed by atoms with Gasteiger partial charge in [-0.25, -0.2) is 0 Å². The molecule has 0 radical (unpaired) electrons. The van der Waals surface area contributed by atoms with E-state index in [0.717, 1.165) is 32.0 Å². The number of amides is 1. The lowest BCUT2D eigenvalue weighted by atomic mass is 9.67. The number of likely N-dealkylation sites (tertiary alicyclic amines) is 1. The summed E-state index contributed by atoms with van der Waals surface area (Å²) in [6.45, 7) is 10.1. The minimum absolute atomic E-state index is 0.408. The van der Waals surface area contributed by atoms with Gasteiger partial charge in [0.15, 0.2) is 0 Å². The van der Waals surface area contributed by atoms with E-state index >= 15 is 0 Å². The van der Waals surface area contributed by atoms with Crippen LogP contribution in [0.25, 0.3) is 0 Å². The van der Waals surface area contributed by atoms with E-state index < -0.39 is 0 Å². The summed E-state index contributed by atoms with van der Waals surface area (Å²) in [4.78, 5) is 14.8. The Balaban J connectivity index is 1.85. The van der Waals surface area contributed by atoms with Gasteiger partial charge >= 0.3 is 0 Å². The van der Waals surface area contributed by atoms with Crippen molar-refractivity contribution in [3.63, 3.8) is 0 Å². The second kappa shape index (κ2) is 7.13. The Kier molecular flexibility index (Phi) is 5.70. The van der Waals surface area contributed by atoms with Crippen LogP contribution in [0.1, 0.15) is 59.3 Å². The highest BCUT2D eigenvalue weighted by molar-refractivity contribution is 5.76. The third-order valence-corrected chi connectivity index (χ3v) is 5.31. The molecule has 1 saturated heterocycles. The Morgan fingerprint density at radius 1 is 1.29 bits per heavy atom. The molecule has 3 atom stereocenters. The van der Waals surface area contributed by atoms with E-state index in [2.05, 4.69) is 31.0 Å². The minimum atomic E-state index is 0.408. The predicted octanol–water partition coefficient (Wildman–Crippen LogP) is 3.30. The lowest BCUT2D eigenvalue weighted by Crippen LogP contribution is -2.43. The van der Waals surface area contributed by atoms with Gasteiger partial charge in [0.25, 0.3) is 0 Å². The highest BCUT2D eigenvalue weighted by Crippen LogP contribution is 2.43. The molecule has 122 valence electrons. The van der Waals surface area contributed by atoms with Gasteiger partial charge in [-0.15, -0.1) is 0 Å². The Morgan fingerprint density at radius 3 is 2.71 bits per heavy atom. The van der Waals surface area contributed by atoms with Gasteiger partial charge in [0, 0.05) is 19.5 Å². The first-order valence-electron chi connectivity index (χ1n) is 8.82. The lowest BCUT2D eigenvalue weighted by Gasteiger charge is -2.40. The van der Waals surface area contributed by atoms with Crippen molar-refractivity contribution < 1.29 is 4.79 Å². The standard InChI is InChI=1S/C18H34N2O/c1-14-8-16(11-18(2,3)10-14)9-17(21)20-7-5-6-15(13-20)12-19-4/h14-16,19H,5-13H2,1-4H3. The zero-order valence-electron chi connectivity index (χ0n) is 14.5. The number of nitrogens with zero attached hydrogens (tertiary/aromatic N) is 1. The number of piperidine rings is 1. The number of hydrogen-bond acceptors (Lipinski definition) is 2. The molecule has 1 N–H and O–H groups in total. The Hall–Kier alpha value is -0.570. The molecule has 1 aliphatic carbocycles. The molecule has 1 saturated carbocycles. The van der Waals surface area contributed by atoms with Crippen LogP contribution in [0, 0.1) is 23.2 Å². The molecule has 0 aromatic carbocycles. The van der Waals surface area contributed by atoms with Crippen molar-refractivity contribution in [1.82, 2.24) is 10.2 Å². The van der Waals surface area contributed by atoms with E-state index in [1.165, 1.54) is 32.1 Å². The molecule has 0 spiro atoms. The van der Waals surface area contributed by atoms with Gasteiger partial charge in [-0.2, -0.15) is 0 Å². The monoisotopic (exact) mass is 294 g/mol. The van der Waals surface area contributed by atoms with Crippen LogP contribution in [-0.4, -0.2) is 37.5 Å². The SMILES string of the molecule is CNCC1CCCN(C(=O)CC2CC(C)CC(C)(C)C2)C1. The molecule has 0 aromatic rings. The molecule has 1 amide bonds. The molecule has 0 bridgehead atoms. The molecule has 3 heteroatoms. The van der Waals surface area contributed by atoms with E-state index in [4.69, 9.17) is 0 Å². The zero-order chi connectivity index (χ0) is 15.5. The lowest BCUT2D eigenvalue weighted by molar-refractivity contribution is -0.134. The summed E-state index contributed by atoms with van der Waals surface area (Å²) >= 11 is 0. The molecule has 2 rings (SSSR count). The average Bonchev–Trinajstić information content (AvgIpc) is 2.37. The zero-order valence-corrected chi connectivity index (χ0v) is 14.5. The molecule has 2 aliphatic rings. The van der Waals surface area contributed by atoms with Crippen molar-refractivity contribution in [2.24, 2.45) is 23.2 Å². The number of nitrogens with one attached hydrogen (secondary N) is 1. The average molecular weight is 294 g/mol. The fraction of sp³-hybridized carbons (Fsp3) is 0.944. The van der Waals surface area contributed by atoms with Crippen molar-refractivity contribution in [3.8, 4) is 0 Å². The third-order valence-electron chi connectivity index (χ3n) is 5.31. The third kappa shape index (κ3) is 4.98. The second-order valence-electron chi connectivity index (χ2n) is 8.39. The number of rotatable bonds is 4. The largest absolute Gasteiger partial charge is 0.342 e. The van der Waals surface area contributed by atoms with Crippen LogP contribution in [-0.2, 0) is 4.79 Å². The molecule has 3 unspecified atom stereocenters. The van der Waals surface area contributed by atoms with Crippen molar-refractivity contribution in [2.45, 2.75) is 59.3 Å². The topological polar surface area (TPSA) is 32.3 Å². The maximum absolute atomic E-state index is 12.6. The summed E-state index contributed by atoms with van der Waals surface area (Å²) < 4.78 is 0. The van der Waals surface area contributed by atoms with Crippen molar-refractivity contribution in [1.29, 1.82) is 0 Å². The van der Waals surface area contributed by atoms with E-state index in [1.54, 1.807) is 0 Å². The summed E-state index contributed by atoms with van der Waals surface area (Å²) in [6, 6.07) is 0. The van der Waals surface area contributed by atoms with E-state index in [0.29, 0.717) is 23.2 Å². The molecule has 3 nitrogen and oxygen atoms in total. The summed E-state index contributed by atoms with van der Waals surface area (Å²) in [5.74, 6) is 2.42. The van der Waals surface area contributed by atoms with Crippen LogP contribution in [0.3, 0.4) is 0 Å². The van der Waals surface area contributed by atoms with E-state index in [9.17, 15) is 4.79 Å². The molecule has 1 heterocycles. The van der Waals surface area contributed by atoms with Crippen molar-refractivity contribution in [3.05, 3.63) is 0 Å². The van der Waals surface area contributed by atoms with Crippen LogP contribution in [0.4, 0.5) is 0 Å². The Bertz CT molecular complexity index is 351. The summed E-state index contributed by atoms with van der Waals surface area (Å²) in [5, 5.41) is 3.26. The Labute approximate surface area is 130 Å². The summed E-state index contributed by atoms with van der Waals surface area (Å²) in [6.07, 6.45) is 6.98. The first-order valence-corrected chi connectivity index (χ1v) is 8.82. The van der Waals surface area contributed by atoms with Gasteiger partial charge in [0.05, 0.1) is 0 Å². The Morgan fingerprint density at radius 2 is 2.05 bits per heavy atom. The van der Waals surface area contributed by atoms with Crippen LogP contribution in [0.5, 0.6) is 0 Å². The quantitative estimate of drug-likeness (QED) is 0.863. The van der Waals surface area contributed by atoms with Crippen LogP contribution in [0.2, 0.25) is 0 Å². The van der Waals surface area contributed by atoms with Gasteiger partial charge in [0.2, 0.25) is 5.91 Å². The molecule has 2 fully saturated rings. The minimum Gasteiger partial charge on any atom is -0.342 e. The molecular weight excluding hydrogens is 260 g/mol.